The second-order valence-corrected chi connectivity index (χ2v) is 7.72. The summed E-state index contributed by atoms with van der Waals surface area (Å²) < 4.78 is 10.5. The van der Waals surface area contributed by atoms with E-state index in [0.29, 0.717) is 0 Å². The van der Waals surface area contributed by atoms with Crippen LogP contribution in [0.1, 0.15) is 25.8 Å². The van der Waals surface area contributed by atoms with E-state index in [1.54, 1.807) is 6.92 Å². The van der Waals surface area contributed by atoms with Crippen LogP contribution in [0.15, 0.2) is 35.5 Å². The van der Waals surface area contributed by atoms with Crippen LogP contribution in [-0.4, -0.2) is 46.6 Å². The van der Waals surface area contributed by atoms with Gasteiger partial charge >= 0.3 is 5.97 Å². The van der Waals surface area contributed by atoms with Gasteiger partial charge in [0.15, 0.2) is 6.10 Å². The number of nitrogens with zero attached hydrogens (tertiary/aromatic N) is 3. The molecule has 0 aromatic heterocycles. The number of allylic oxidation sites excluding steroid dienone is 2. The molecule has 162 valence electrons. The van der Waals surface area contributed by atoms with Crippen molar-refractivity contribution < 1.29 is 28.8 Å². The number of carbonyl (C=O) groups excluding carboxylic acids is 3. The molecule has 1 saturated heterocycles. The summed E-state index contributed by atoms with van der Waals surface area (Å²) in [5.74, 6) is -1.89. The predicted octanol–water partition coefficient (Wildman–Crippen LogP) is 2.07. The first-order valence-electron chi connectivity index (χ1n) is 10.0. The molecule has 1 aromatic rings. The van der Waals surface area contributed by atoms with E-state index >= 15 is 0 Å². The van der Waals surface area contributed by atoms with Crippen molar-refractivity contribution >= 4 is 29.7 Å². The lowest BCUT2D eigenvalue weighted by atomic mass is 9.85. The molecule has 4 rings (SSSR count). The molecule has 1 aromatic carbocycles. The van der Waals surface area contributed by atoms with Crippen molar-refractivity contribution in [1.29, 1.82) is 0 Å². The van der Waals surface area contributed by atoms with Crippen molar-refractivity contribution in [2.24, 2.45) is 28.8 Å². The Bertz CT molecular complexity index is 988. The third-order valence-electron chi connectivity index (χ3n) is 5.89. The maximum atomic E-state index is 12.8. The quantitative estimate of drug-likeness (QED) is 0.163. The first kappa shape index (κ1) is 20.7. The minimum Gasteiger partial charge on any atom is -0.478 e. The van der Waals surface area contributed by atoms with Gasteiger partial charge in [-0.05, 0) is 38.2 Å². The van der Waals surface area contributed by atoms with Crippen LogP contribution in [0.2, 0.25) is 0 Å². The number of hydrogen-bond donors (Lipinski definition) is 0. The van der Waals surface area contributed by atoms with Gasteiger partial charge in [0, 0.05) is 17.7 Å². The third-order valence-corrected chi connectivity index (χ3v) is 5.89. The monoisotopic (exact) mass is 427 g/mol. The SMILES string of the molecule is CCOC(=O)[C@@H](C)Oc1ccc([N+](=O)[O-])cc1C=NN1C(=O)[C@@H]2[C@H](C1=O)[C@H]1C=C[C@H]2C1. The maximum absolute atomic E-state index is 12.8. The normalized spacial score (nSPS) is 27.1. The highest BCUT2D eigenvalue weighted by atomic mass is 16.6. The van der Waals surface area contributed by atoms with Crippen molar-refractivity contribution in [3.8, 4) is 5.75 Å². The summed E-state index contributed by atoms with van der Waals surface area (Å²) in [7, 11) is 0. The first-order valence-corrected chi connectivity index (χ1v) is 10.0. The van der Waals surface area contributed by atoms with Gasteiger partial charge in [-0.1, -0.05) is 12.2 Å². The Balaban J connectivity index is 1.59. The molecule has 0 N–H and O–H groups in total. The molecule has 31 heavy (non-hydrogen) atoms. The van der Waals surface area contributed by atoms with Gasteiger partial charge in [0.25, 0.3) is 17.5 Å². The van der Waals surface area contributed by atoms with Crippen LogP contribution in [0.25, 0.3) is 0 Å². The lowest BCUT2D eigenvalue weighted by Gasteiger charge is -2.15. The number of non-ortho nitro benzene ring substituents is 1. The molecular weight excluding hydrogens is 406 g/mol. The fraction of sp³-hybridized carbons (Fsp3) is 0.429. The molecule has 1 saturated carbocycles. The van der Waals surface area contributed by atoms with Gasteiger partial charge in [0.05, 0.1) is 29.6 Å². The molecule has 1 aliphatic heterocycles. The van der Waals surface area contributed by atoms with E-state index in [0.717, 1.165) is 11.4 Å². The van der Waals surface area contributed by atoms with E-state index in [4.69, 9.17) is 9.47 Å². The van der Waals surface area contributed by atoms with Crippen molar-refractivity contribution in [2.45, 2.75) is 26.4 Å². The van der Waals surface area contributed by atoms with Gasteiger partial charge in [-0.2, -0.15) is 10.1 Å². The number of imide groups is 1. The summed E-state index contributed by atoms with van der Waals surface area (Å²) >= 11 is 0. The largest absolute Gasteiger partial charge is 0.478 e. The van der Waals surface area contributed by atoms with Crippen LogP contribution in [0.5, 0.6) is 5.75 Å². The minimum absolute atomic E-state index is 0.0498. The number of hydrogen-bond acceptors (Lipinski definition) is 8. The number of ether oxygens (including phenoxy) is 2. The van der Waals surface area contributed by atoms with Gasteiger partial charge < -0.3 is 9.47 Å². The Hall–Kier alpha value is -3.56. The highest BCUT2D eigenvalue weighted by Gasteiger charge is 2.59. The van der Waals surface area contributed by atoms with Crippen LogP contribution >= 0.6 is 0 Å². The van der Waals surface area contributed by atoms with Crippen LogP contribution in [0, 0.1) is 33.8 Å². The topological polar surface area (TPSA) is 128 Å². The average Bonchev–Trinajstić information content (AvgIpc) is 3.41. The zero-order valence-corrected chi connectivity index (χ0v) is 17.0. The number of hydrazone groups is 1. The van der Waals surface area contributed by atoms with Crippen molar-refractivity contribution in [3.05, 3.63) is 46.0 Å². The first-order chi connectivity index (χ1) is 14.8. The highest BCUT2D eigenvalue weighted by Crippen LogP contribution is 2.52. The van der Waals surface area contributed by atoms with Crippen molar-refractivity contribution in [1.82, 2.24) is 5.01 Å². The Labute approximate surface area is 177 Å². The van der Waals surface area contributed by atoms with E-state index in [2.05, 4.69) is 5.10 Å². The van der Waals surface area contributed by atoms with Crippen LogP contribution in [-0.2, 0) is 19.1 Å². The number of amides is 2. The smallest absolute Gasteiger partial charge is 0.347 e. The van der Waals surface area contributed by atoms with E-state index < -0.39 is 28.8 Å². The van der Waals surface area contributed by atoms with Crippen molar-refractivity contribution in [2.75, 3.05) is 6.61 Å². The molecule has 2 fully saturated rings. The van der Waals surface area contributed by atoms with Gasteiger partial charge in [-0.3, -0.25) is 19.7 Å². The lowest BCUT2D eigenvalue weighted by Crippen LogP contribution is -2.28. The van der Waals surface area contributed by atoms with Crippen LogP contribution in [0.4, 0.5) is 5.69 Å². The van der Waals surface area contributed by atoms with Gasteiger partial charge in [-0.15, -0.1) is 0 Å². The zero-order valence-electron chi connectivity index (χ0n) is 17.0. The minimum atomic E-state index is -0.968. The highest BCUT2D eigenvalue weighted by molar-refractivity contribution is 6.07. The number of carbonyl (C=O) groups is 3. The Morgan fingerprint density at radius 1 is 1.29 bits per heavy atom. The van der Waals surface area contributed by atoms with E-state index in [9.17, 15) is 24.5 Å². The van der Waals surface area contributed by atoms with Gasteiger partial charge in [0.1, 0.15) is 5.75 Å². The molecule has 0 unspecified atom stereocenters. The number of fused-ring (bicyclic) bond motifs is 5. The fourth-order valence-electron chi connectivity index (χ4n) is 4.48. The molecule has 0 spiro atoms. The molecule has 1 heterocycles. The number of nitro groups is 1. The molecule has 5 atom stereocenters. The predicted molar refractivity (Wildman–Crippen MR) is 107 cm³/mol. The second-order valence-electron chi connectivity index (χ2n) is 7.72. The van der Waals surface area contributed by atoms with Crippen molar-refractivity contribution in [3.63, 3.8) is 0 Å². The van der Waals surface area contributed by atoms with Gasteiger partial charge in [-0.25, -0.2) is 4.79 Å². The van der Waals surface area contributed by atoms with E-state index in [-0.39, 0.29) is 47.3 Å². The lowest BCUT2D eigenvalue weighted by molar-refractivity contribution is -0.384. The molecule has 3 aliphatic rings. The summed E-state index contributed by atoms with van der Waals surface area (Å²) in [5, 5.41) is 16.1. The summed E-state index contributed by atoms with van der Waals surface area (Å²) in [4.78, 5) is 48.0. The molecule has 2 amide bonds. The van der Waals surface area contributed by atoms with Gasteiger partial charge in [0.2, 0.25) is 0 Å². The molecule has 10 heteroatoms. The number of esters is 1. The van der Waals surface area contributed by atoms with E-state index in [1.807, 2.05) is 12.2 Å². The zero-order chi connectivity index (χ0) is 22.3. The summed E-state index contributed by atoms with van der Waals surface area (Å²) in [6, 6.07) is 3.76. The third kappa shape index (κ3) is 3.58. The summed E-state index contributed by atoms with van der Waals surface area (Å²) in [6.07, 6.45) is 4.97. The molecule has 10 nitrogen and oxygen atoms in total. The molecule has 2 aliphatic carbocycles. The molecule has 0 radical (unpaired) electrons. The second kappa shape index (κ2) is 7.93. The fourth-order valence-corrected chi connectivity index (χ4v) is 4.48. The number of benzene rings is 1. The summed E-state index contributed by atoms with van der Waals surface area (Å²) in [5.41, 5.74) is -0.0696. The maximum Gasteiger partial charge on any atom is 0.347 e. The summed E-state index contributed by atoms with van der Waals surface area (Å²) in [6.45, 7) is 3.33. The number of rotatable bonds is 7. The Morgan fingerprint density at radius 2 is 1.94 bits per heavy atom. The van der Waals surface area contributed by atoms with Crippen LogP contribution < -0.4 is 4.74 Å². The van der Waals surface area contributed by atoms with Crippen LogP contribution in [0.3, 0.4) is 0 Å². The molecule has 2 bridgehead atoms. The Kier molecular flexibility index (Phi) is 5.30. The average molecular weight is 427 g/mol. The molecular formula is C21H21N3O7. The van der Waals surface area contributed by atoms with E-state index in [1.165, 1.54) is 31.3 Å². The standard InChI is InChI=1S/C21H21N3O7/c1-3-30-21(27)11(2)31-16-7-6-15(24(28)29)9-14(16)10-22-23-19(25)17-12-4-5-13(8-12)18(17)20(23)26/h4-7,9-13,17-18H,3,8H2,1-2H3/t11-,12+,13+,17-,18+/m1/s1. The number of nitro benzene ring substituents is 1. The Morgan fingerprint density at radius 3 is 2.52 bits per heavy atom.